The number of likely N-dealkylation sites (tertiary alicyclic amines) is 1. The molecule has 1 saturated carbocycles. The maximum atomic E-state index is 13.2. The number of hydrogen-bond acceptors (Lipinski definition) is 7. The molecule has 1 heterocycles. The van der Waals surface area contributed by atoms with Gasteiger partial charge in [0.05, 0.1) is 11.0 Å². The van der Waals surface area contributed by atoms with Gasteiger partial charge >= 0.3 is 12.5 Å². The Labute approximate surface area is 237 Å². The number of nitrogens with zero attached hydrogens (tertiary/aromatic N) is 2. The van der Waals surface area contributed by atoms with Crippen molar-refractivity contribution in [3.8, 4) is 5.75 Å². The predicted octanol–water partition coefficient (Wildman–Crippen LogP) is 6.36. The van der Waals surface area contributed by atoms with Crippen LogP contribution in [-0.4, -0.2) is 60.0 Å². The number of piperidine rings is 1. The van der Waals surface area contributed by atoms with Gasteiger partial charge in [0.1, 0.15) is 17.9 Å². The lowest BCUT2D eigenvalue weighted by atomic mass is 9.92. The van der Waals surface area contributed by atoms with Crippen LogP contribution < -0.4 is 15.4 Å². The fourth-order valence-corrected chi connectivity index (χ4v) is 5.16. The molecule has 1 saturated heterocycles. The van der Waals surface area contributed by atoms with Crippen molar-refractivity contribution in [3.05, 3.63) is 58.1 Å². The Morgan fingerprint density at radius 1 is 0.881 bits per heavy atom. The molecule has 2 fully saturated rings. The van der Waals surface area contributed by atoms with Gasteiger partial charge in [-0.25, -0.2) is 0 Å². The largest absolute Gasteiger partial charge is 0.573 e. The molecule has 2 aromatic carbocycles. The van der Waals surface area contributed by atoms with E-state index < -0.39 is 28.7 Å². The molecule has 2 aliphatic rings. The quantitative estimate of drug-likeness (QED) is 0.195. The third kappa shape index (κ3) is 8.87. The summed E-state index contributed by atoms with van der Waals surface area (Å²) in [5.74, 6) is -0.449. The number of alkyl halides is 6. The fourth-order valence-electron chi connectivity index (χ4n) is 5.16. The first-order valence-electron chi connectivity index (χ1n) is 13.4. The van der Waals surface area contributed by atoms with E-state index in [9.17, 15) is 41.3 Å². The lowest BCUT2D eigenvalue weighted by molar-refractivity contribution is -0.388. The second-order valence-electron chi connectivity index (χ2n) is 10.3. The standard InChI is InChI=1S/C27H30F6N4O5/c28-26(29,30)23-15-20(5-10-24(23)37(39)40)35-18-1-6-21(7-2-18)41-16-25(38)36-13-11-19(12-14-36)34-17-3-8-22(9-4-17)42-27(31,32)33/h3-5,8-10,15,18-19,21,34-35H,1-2,6-7,11-14,16H2/t18-,21-. The lowest BCUT2D eigenvalue weighted by Crippen LogP contribution is -2.44. The van der Waals surface area contributed by atoms with Gasteiger partial charge in [0.25, 0.3) is 5.69 Å². The topological polar surface area (TPSA) is 106 Å². The molecule has 1 amide bonds. The summed E-state index contributed by atoms with van der Waals surface area (Å²) in [5.41, 5.74) is -1.50. The monoisotopic (exact) mass is 604 g/mol. The maximum Gasteiger partial charge on any atom is 0.573 e. The number of benzene rings is 2. The molecule has 2 aromatic rings. The van der Waals surface area contributed by atoms with Crippen LogP contribution in [0.25, 0.3) is 0 Å². The van der Waals surface area contributed by atoms with Crippen LogP contribution in [0.4, 0.5) is 43.4 Å². The summed E-state index contributed by atoms with van der Waals surface area (Å²) in [4.78, 5) is 24.3. The number of nitro groups is 1. The van der Waals surface area contributed by atoms with Gasteiger partial charge in [-0.1, -0.05) is 0 Å². The molecule has 1 aliphatic carbocycles. The van der Waals surface area contributed by atoms with Crippen LogP contribution in [0, 0.1) is 10.1 Å². The number of carbonyl (C=O) groups excluding carboxylic acids is 1. The number of nitro benzene ring substituents is 1. The number of anilines is 2. The third-order valence-corrected chi connectivity index (χ3v) is 7.29. The molecular formula is C27H30F6N4O5. The van der Waals surface area contributed by atoms with Crippen molar-refractivity contribution in [2.75, 3.05) is 30.3 Å². The van der Waals surface area contributed by atoms with Crippen LogP contribution in [-0.2, 0) is 15.7 Å². The highest BCUT2D eigenvalue weighted by atomic mass is 19.4. The zero-order chi connectivity index (χ0) is 30.5. The van der Waals surface area contributed by atoms with Gasteiger partial charge in [-0.2, -0.15) is 13.2 Å². The number of nitrogens with one attached hydrogen (secondary N) is 2. The minimum Gasteiger partial charge on any atom is -0.406 e. The van der Waals surface area contributed by atoms with Crippen LogP contribution >= 0.6 is 0 Å². The summed E-state index contributed by atoms with van der Waals surface area (Å²) >= 11 is 0. The summed E-state index contributed by atoms with van der Waals surface area (Å²) < 4.78 is 86.4. The normalized spacial score (nSPS) is 20.2. The van der Waals surface area contributed by atoms with Crippen molar-refractivity contribution < 1.29 is 45.5 Å². The van der Waals surface area contributed by atoms with E-state index in [0.717, 1.165) is 12.1 Å². The molecule has 230 valence electrons. The van der Waals surface area contributed by atoms with E-state index in [4.69, 9.17) is 4.74 Å². The second-order valence-corrected chi connectivity index (χ2v) is 10.3. The first-order chi connectivity index (χ1) is 19.8. The van der Waals surface area contributed by atoms with Crippen LogP contribution in [0.1, 0.15) is 44.1 Å². The number of halogens is 6. The van der Waals surface area contributed by atoms with Crippen molar-refractivity contribution in [1.82, 2.24) is 4.90 Å². The maximum absolute atomic E-state index is 13.2. The molecule has 15 heteroatoms. The molecule has 0 spiro atoms. The Morgan fingerprint density at radius 2 is 1.45 bits per heavy atom. The SMILES string of the molecule is O=C(CO[C@H]1CC[C@H](Nc2ccc([N+](=O)[O-])c(C(F)(F)F)c2)CC1)N1CCC(Nc2ccc(OC(F)(F)F)cc2)CC1. The van der Waals surface area contributed by atoms with Crippen LogP contribution in [0.15, 0.2) is 42.5 Å². The van der Waals surface area contributed by atoms with E-state index in [2.05, 4.69) is 15.4 Å². The molecule has 0 radical (unpaired) electrons. The molecule has 0 aromatic heterocycles. The number of amides is 1. The number of hydrogen-bond donors (Lipinski definition) is 2. The van der Waals surface area contributed by atoms with Crippen LogP contribution in [0.3, 0.4) is 0 Å². The Balaban J connectivity index is 1.16. The molecular weight excluding hydrogens is 574 g/mol. The van der Waals surface area contributed by atoms with Crippen molar-refractivity contribution in [1.29, 1.82) is 0 Å². The van der Waals surface area contributed by atoms with Crippen LogP contribution in [0.5, 0.6) is 5.75 Å². The number of carbonyl (C=O) groups is 1. The van der Waals surface area contributed by atoms with E-state index in [1.165, 1.54) is 30.3 Å². The summed E-state index contributed by atoms with van der Waals surface area (Å²) in [7, 11) is 0. The number of rotatable bonds is 9. The lowest BCUT2D eigenvalue weighted by Gasteiger charge is -2.34. The molecule has 0 atom stereocenters. The Morgan fingerprint density at radius 3 is 2.02 bits per heavy atom. The van der Waals surface area contributed by atoms with Crippen molar-refractivity contribution in [3.63, 3.8) is 0 Å². The summed E-state index contributed by atoms with van der Waals surface area (Å²) in [6.45, 7) is 0.917. The minimum absolute atomic E-state index is 0.0510. The molecule has 42 heavy (non-hydrogen) atoms. The first-order valence-corrected chi connectivity index (χ1v) is 13.4. The van der Waals surface area contributed by atoms with Gasteiger partial charge in [0.2, 0.25) is 5.91 Å². The van der Waals surface area contributed by atoms with E-state index in [1.54, 1.807) is 4.90 Å². The van der Waals surface area contributed by atoms with E-state index in [-0.39, 0.29) is 42.1 Å². The highest BCUT2D eigenvalue weighted by Crippen LogP contribution is 2.38. The first kappa shape index (κ1) is 31.2. The number of ether oxygens (including phenoxy) is 2. The molecule has 9 nitrogen and oxygen atoms in total. The molecule has 1 aliphatic heterocycles. The Kier molecular flexibility index (Phi) is 9.69. The van der Waals surface area contributed by atoms with Gasteiger partial charge in [0.15, 0.2) is 0 Å². The van der Waals surface area contributed by atoms with Crippen molar-refractivity contribution >= 4 is 23.0 Å². The summed E-state index contributed by atoms with van der Waals surface area (Å²) in [6.07, 6.45) is -6.07. The van der Waals surface area contributed by atoms with E-state index in [0.29, 0.717) is 57.3 Å². The van der Waals surface area contributed by atoms with Crippen molar-refractivity contribution in [2.24, 2.45) is 0 Å². The zero-order valence-electron chi connectivity index (χ0n) is 22.3. The summed E-state index contributed by atoms with van der Waals surface area (Å²) in [6, 6.07) is 8.24. The molecule has 0 unspecified atom stereocenters. The van der Waals surface area contributed by atoms with Gasteiger partial charge in [0, 0.05) is 42.6 Å². The third-order valence-electron chi connectivity index (χ3n) is 7.29. The minimum atomic E-state index is -4.85. The summed E-state index contributed by atoms with van der Waals surface area (Å²) in [5, 5.41) is 17.2. The van der Waals surface area contributed by atoms with Crippen molar-refractivity contribution in [2.45, 2.75) is 69.3 Å². The smallest absolute Gasteiger partial charge is 0.406 e. The second kappa shape index (κ2) is 13.0. The highest BCUT2D eigenvalue weighted by Gasteiger charge is 2.38. The molecule has 2 N–H and O–H groups in total. The van der Waals surface area contributed by atoms with E-state index in [1.807, 2.05) is 0 Å². The van der Waals surface area contributed by atoms with Gasteiger partial charge in [-0.05, 0) is 74.9 Å². The van der Waals surface area contributed by atoms with Crippen LogP contribution in [0.2, 0.25) is 0 Å². The zero-order valence-corrected chi connectivity index (χ0v) is 22.3. The molecule has 0 bridgehead atoms. The Hall–Kier alpha value is -3.75. The van der Waals surface area contributed by atoms with Gasteiger partial charge in [-0.3, -0.25) is 14.9 Å². The molecule has 4 rings (SSSR count). The van der Waals surface area contributed by atoms with Gasteiger partial charge < -0.3 is 25.0 Å². The fraction of sp³-hybridized carbons (Fsp3) is 0.519. The van der Waals surface area contributed by atoms with E-state index >= 15 is 0 Å². The predicted molar refractivity (Wildman–Crippen MR) is 140 cm³/mol. The Bertz CT molecular complexity index is 1230. The highest BCUT2D eigenvalue weighted by molar-refractivity contribution is 5.77. The van der Waals surface area contributed by atoms with Gasteiger partial charge in [-0.15, -0.1) is 13.2 Å². The average Bonchev–Trinajstić information content (AvgIpc) is 2.92. The average molecular weight is 605 g/mol.